The topological polar surface area (TPSA) is 55.1 Å². The summed E-state index contributed by atoms with van der Waals surface area (Å²) in [5.41, 5.74) is 4.87. The van der Waals surface area contributed by atoms with Crippen LogP contribution in [-0.4, -0.2) is 11.4 Å². The fraction of sp³-hybridized carbons (Fsp3) is 0.545. The molecular formula is C11H18N2OS. The largest absolute Gasteiger partial charge is 0.350 e. The van der Waals surface area contributed by atoms with Crippen molar-refractivity contribution < 1.29 is 4.79 Å². The van der Waals surface area contributed by atoms with E-state index in [1.165, 1.54) is 9.75 Å². The fourth-order valence-electron chi connectivity index (χ4n) is 1.10. The molecule has 1 aromatic rings. The van der Waals surface area contributed by atoms with E-state index < -0.39 is 5.54 Å². The van der Waals surface area contributed by atoms with Crippen molar-refractivity contribution in [3.63, 3.8) is 0 Å². The number of carbonyl (C=O) groups is 1. The van der Waals surface area contributed by atoms with Gasteiger partial charge in [0.05, 0.1) is 12.1 Å². The third kappa shape index (κ3) is 3.64. The first kappa shape index (κ1) is 12.2. The normalized spacial score (nSPS) is 11.5. The summed E-state index contributed by atoms with van der Waals surface area (Å²) < 4.78 is 0. The Labute approximate surface area is 94.7 Å². The zero-order valence-corrected chi connectivity index (χ0v) is 10.3. The van der Waals surface area contributed by atoms with Crippen molar-refractivity contribution in [2.45, 2.75) is 39.3 Å². The molecule has 0 spiro atoms. The van der Waals surface area contributed by atoms with Crippen molar-refractivity contribution in [3.8, 4) is 0 Å². The van der Waals surface area contributed by atoms with Gasteiger partial charge in [-0.05, 0) is 32.4 Å². The molecule has 1 amide bonds. The summed E-state index contributed by atoms with van der Waals surface area (Å²) in [5.74, 6) is -0.117. The fourth-order valence-corrected chi connectivity index (χ4v) is 2.00. The minimum Gasteiger partial charge on any atom is -0.350 e. The molecule has 0 fully saturated rings. The highest BCUT2D eigenvalue weighted by atomic mass is 32.1. The van der Waals surface area contributed by atoms with Crippen molar-refractivity contribution in [1.82, 2.24) is 5.32 Å². The van der Waals surface area contributed by atoms with Gasteiger partial charge in [-0.2, -0.15) is 0 Å². The molecule has 15 heavy (non-hydrogen) atoms. The van der Waals surface area contributed by atoms with Crippen LogP contribution < -0.4 is 11.1 Å². The van der Waals surface area contributed by atoms with Crippen LogP contribution in [-0.2, 0) is 17.8 Å². The Hall–Kier alpha value is -0.870. The zero-order chi connectivity index (χ0) is 11.5. The smallest absolute Gasteiger partial charge is 0.239 e. The monoisotopic (exact) mass is 226 g/mol. The van der Waals surface area contributed by atoms with E-state index in [1.54, 1.807) is 25.2 Å². The summed E-state index contributed by atoms with van der Waals surface area (Å²) >= 11 is 1.73. The number of aryl methyl sites for hydroxylation is 1. The molecule has 3 N–H and O–H groups in total. The Morgan fingerprint density at radius 2 is 2.07 bits per heavy atom. The molecule has 0 aliphatic rings. The first-order valence-electron chi connectivity index (χ1n) is 5.08. The lowest BCUT2D eigenvalue weighted by Crippen LogP contribution is -2.48. The van der Waals surface area contributed by atoms with Gasteiger partial charge in [0.2, 0.25) is 5.91 Å². The lowest BCUT2D eigenvalue weighted by molar-refractivity contribution is -0.125. The van der Waals surface area contributed by atoms with Gasteiger partial charge in [0.25, 0.3) is 0 Å². The molecule has 0 aromatic carbocycles. The number of hydrogen-bond acceptors (Lipinski definition) is 3. The van der Waals surface area contributed by atoms with Gasteiger partial charge in [0, 0.05) is 9.75 Å². The molecule has 0 saturated carbocycles. The number of thiophene rings is 1. The average molecular weight is 226 g/mol. The van der Waals surface area contributed by atoms with E-state index in [4.69, 9.17) is 5.73 Å². The van der Waals surface area contributed by atoms with E-state index in [-0.39, 0.29) is 5.91 Å². The lowest BCUT2D eigenvalue weighted by atomic mass is 10.1. The quantitative estimate of drug-likeness (QED) is 0.820. The van der Waals surface area contributed by atoms with Gasteiger partial charge in [-0.25, -0.2) is 0 Å². The molecule has 0 bridgehead atoms. The van der Waals surface area contributed by atoms with E-state index in [0.29, 0.717) is 6.54 Å². The van der Waals surface area contributed by atoms with E-state index >= 15 is 0 Å². The maximum atomic E-state index is 11.5. The number of hydrogen-bond donors (Lipinski definition) is 2. The Morgan fingerprint density at radius 3 is 2.53 bits per heavy atom. The second-order valence-electron chi connectivity index (χ2n) is 4.13. The predicted molar refractivity (Wildman–Crippen MR) is 63.8 cm³/mol. The molecule has 4 heteroatoms. The van der Waals surface area contributed by atoms with Gasteiger partial charge in [-0.3, -0.25) is 4.79 Å². The van der Waals surface area contributed by atoms with Crippen LogP contribution in [0.1, 0.15) is 30.5 Å². The summed E-state index contributed by atoms with van der Waals surface area (Å²) in [6.45, 7) is 6.10. The molecule has 0 radical (unpaired) electrons. The van der Waals surface area contributed by atoms with Crippen LogP contribution in [0.4, 0.5) is 0 Å². The summed E-state index contributed by atoms with van der Waals surface area (Å²) in [7, 11) is 0. The number of carbonyl (C=O) groups excluding carboxylic acids is 1. The zero-order valence-electron chi connectivity index (χ0n) is 9.46. The third-order valence-electron chi connectivity index (χ3n) is 2.07. The van der Waals surface area contributed by atoms with E-state index in [1.807, 2.05) is 6.07 Å². The average Bonchev–Trinajstić information content (AvgIpc) is 2.60. The molecule has 0 aliphatic carbocycles. The van der Waals surface area contributed by atoms with Crippen LogP contribution in [0.25, 0.3) is 0 Å². The standard InChI is InChI=1S/C11H18N2OS/c1-4-8-5-6-9(15-8)7-13-10(14)11(2,3)12/h5-6H,4,7,12H2,1-3H3,(H,13,14). The van der Waals surface area contributed by atoms with Gasteiger partial charge in [0.15, 0.2) is 0 Å². The Bertz CT molecular complexity index is 339. The maximum absolute atomic E-state index is 11.5. The predicted octanol–water partition coefficient (Wildman–Crippen LogP) is 1.66. The number of rotatable bonds is 4. The van der Waals surface area contributed by atoms with Crippen LogP contribution in [0.15, 0.2) is 12.1 Å². The first-order chi connectivity index (χ1) is 6.93. The molecule has 0 atom stereocenters. The van der Waals surface area contributed by atoms with Gasteiger partial charge in [-0.15, -0.1) is 11.3 Å². The highest BCUT2D eigenvalue weighted by molar-refractivity contribution is 7.11. The SMILES string of the molecule is CCc1ccc(CNC(=O)C(C)(C)N)s1. The van der Waals surface area contributed by atoms with Crippen LogP contribution in [0.2, 0.25) is 0 Å². The third-order valence-corrected chi connectivity index (χ3v) is 3.30. The lowest BCUT2D eigenvalue weighted by Gasteiger charge is -2.17. The number of nitrogens with two attached hydrogens (primary N) is 1. The molecule has 1 heterocycles. The molecule has 0 unspecified atom stereocenters. The van der Waals surface area contributed by atoms with Crippen molar-refractivity contribution in [2.75, 3.05) is 0 Å². The molecule has 0 saturated heterocycles. The molecule has 1 aromatic heterocycles. The molecule has 1 rings (SSSR count). The highest BCUT2D eigenvalue weighted by Gasteiger charge is 2.21. The Balaban J connectivity index is 2.47. The van der Waals surface area contributed by atoms with E-state index in [0.717, 1.165) is 6.42 Å². The molecule has 84 valence electrons. The van der Waals surface area contributed by atoms with Crippen molar-refractivity contribution in [3.05, 3.63) is 21.9 Å². The minimum atomic E-state index is -0.801. The Kier molecular flexibility index (Phi) is 3.88. The molecule has 0 aliphatic heterocycles. The number of amides is 1. The summed E-state index contributed by atoms with van der Waals surface area (Å²) in [6, 6.07) is 4.15. The van der Waals surface area contributed by atoms with E-state index in [9.17, 15) is 4.79 Å². The second-order valence-corrected chi connectivity index (χ2v) is 5.38. The Morgan fingerprint density at radius 1 is 1.47 bits per heavy atom. The minimum absolute atomic E-state index is 0.117. The molecular weight excluding hydrogens is 208 g/mol. The van der Waals surface area contributed by atoms with Gasteiger partial charge in [-0.1, -0.05) is 6.92 Å². The van der Waals surface area contributed by atoms with Crippen LogP contribution in [0, 0.1) is 0 Å². The van der Waals surface area contributed by atoms with Crippen LogP contribution >= 0.6 is 11.3 Å². The first-order valence-corrected chi connectivity index (χ1v) is 5.90. The van der Waals surface area contributed by atoms with Crippen molar-refractivity contribution >= 4 is 17.2 Å². The van der Waals surface area contributed by atoms with E-state index in [2.05, 4.69) is 18.3 Å². The van der Waals surface area contributed by atoms with Crippen LogP contribution in [0.3, 0.4) is 0 Å². The summed E-state index contributed by atoms with van der Waals surface area (Å²) in [5, 5.41) is 2.82. The van der Waals surface area contributed by atoms with Crippen molar-refractivity contribution in [2.24, 2.45) is 5.73 Å². The van der Waals surface area contributed by atoms with Gasteiger partial charge in [0.1, 0.15) is 0 Å². The van der Waals surface area contributed by atoms with Gasteiger partial charge >= 0.3 is 0 Å². The number of nitrogens with one attached hydrogen (secondary N) is 1. The summed E-state index contributed by atoms with van der Waals surface area (Å²) in [4.78, 5) is 14.0. The van der Waals surface area contributed by atoms with Gasteiger partial charge < -0.3 is 11.1 Å². The maximum Gasteiger partial charge on any atom is 0.239 e. The second kappa shape index (κ2) is 4.77. The highest BCUT2D eigenvalue weighted by Crippen LogP contribution is 2.16. The van der Waals surface area contributed by atoms with Crippen molar-refractivity contribution in [1.29, 1.82) is 0 Å². The van der Waals surface area contributed by atoms with Crippen LogP contribution in [0.5, 0.6) is 0 Å². The summed E-state index contributed by atoms with van der Waals surface area (Å²) in [6.07, 6.45) is 1.04. The molecule has 3 nitrogen and oxygen atoms in total.